The molecule has 1 heterocycles. The molecule has 0 aromatic heterocycles. The molecule has 5 nitrogen and oxygen atoms in total. The molecule has 134 valence electrons. The third-order valence-electron chi connectivity index (χ3n) is 3.70. The number of rotatable bonds is 6. The topological polar surface area (TPSA) is 59.0 Å². The molecule has 0 atom stereocenters. The first-order valence-corrected chi connectivity index (χ1v) is 9.11. The SMILES string of the molecule is COc1cc(/C=C2\SC(=S)N(CCOc3ccccc3)C2=O)ccc1O. The maximum Gasteiger partial charge on any atom is 0.266 e. The Kier molecular flexibility index (Phi) is 5.80. The van der Waals surface area contributed by atoms with Crippen molar-refractivity contribution >= 4 is 40.3 Å². The van der Waals surface area contributed by atoms with E-state index in [1.54, 1.807) is 18.2 Å². The molecule has 1 N–H and O–H groups in total. The minimum Gasteiger partial charge on any atom is -0.504 e. The number of nitrogens with zero attached hydrogens (tertiary/aromatic N) is 1. The van der Waals surface area contributed by atoms with E-state index in [1.165, 1.54) is 29.8 Å². The van der Waals surface area contributed by atoms with E-state index in [1.807, 2.05) is 30.3 Å². The molecule has 2 aromatic carbocycles. The molecule has 0 radical (unpaired) electrons. The van der Waals surface area contributed by atoms with Crippen LogP contribution in [0.3, 0.4) is 0 Å². The minimum absolute atomic E-state index is 0.0512. The molecule has 0 aliphatic carbocycles. The van der Waals surface area contributed by atoms with Gasteiger partial charge in [0.15, 0.2) is 11.5 Å². The van der Waals surface area contributed by atoms with Crippen molar-refractivity contribution in [2.45, 2.75) is 0 Å². The van der Waals surface area contributed by atoms with E-state index >= 15 is 0 Å². The van der Waals surface area contributed by atoms with Crippen molar-refractivity contribution < 1.29 is 19.4 Å². The number of phenolic OH excluding ortho intramolecular Hbond substituents is 1. The van der Waals surface area contributed by atoms with E-state index < -0.39 is 0 Å². The van der Waals surface area contributed by atoms with Crippen molar-refractivity contribution in [3.05, 3.63) is 59.0 Å². The van der Waals surface area contributed by atoms with Gasteiger partial charge in [-0.05, 0) is 35.9 Å². The molecule has 0 saturated carbocycles. The number of benzene rings is 2. The van der Waals surface area contributed by atoms with Gasteiger partial charge in [0, 0.05) is 0 Å². The van der Waals surface area contributed by atoms with Crippen LogP contribution >= 0.6 is 24.0 Å². The number of amides is 1. The Hall–Kier alpha value is -2.51. The lowest BCUT2D eigenvalue weighted by Gasteiger charge is -2.14. The number of aromatic hydroxyl groups is 1. The van der Waals surface area contributed by atoms with Crippen LogP contribution in [0.15, 0.2) is 53.4 Å². The van der Waals surface area contributed by atoms with Crippen LogP contribution in [-0.2, 0) is 4.79 Å². The molecule has 0 bridgehead atoms. The van der Waals surface area contributed by atoms with Crippen LogP contribution in [0.25, 0.3) is 6.08 Å². The van der Waals surface area contributed by atoms with Crippen molar-refractivity contribution in [1.29, 1.82) is 0 Å². The first-order valence-electron chi connectivity index (χ1n) is 7.88. The number of carbonyl (C=O) groups excluding carboxylic acids is 1. The number of methoxy groups -OCH3 is 1. The lowest BCUT2D eigenvalue weighted by atomic mass is 10.2. The zero-order valence-corrected chi connectivity index (χ0v) is 15.7. The lowest BCUT2D eigenvalue weighted by Crippen LogP contribution is -2.32. The monoisotopic (exact) mass is 387 g/mol. The molecule has 26 heavy (non-hydrogen) atoms. The predicted octanol–water partition coefficient (Wildman–Crippen LogP) is 3.68. The second-order valence-corrected chi connectivity index (χ2v) is 7.10. The summed E-state index contributed by atoms with van der Waals surface area (Å²) in [6, 6.07) is 14.3. The molecule has 1 saturated heterocycles. The Labute approximate surface area is 161 Å². The largest absolute Gasteiger partial charge is 0.504 e. The average Bonchev–Trinajstić information content (AvgIpc) is 2.91. The van der Waals surface area contributed by atoms with Gasteiger partial charge >= 0.3 is 0 Å². The van der Waals surface area contributed by atoms with Gasteiger partial charge in [0.1, 0.15) is 16.7 Å². The zero-order valence-electron chi connectivity index (χ0n) is 14.0. The normalized spacial score (nSPS) is 15.6. The highest BCUT2D eigenvalue weighted by Crippen LogP contribution is 2.34. The predicted molar refractivity (Wildman–Crippen MR) is 106 cm³/mol. The van der Waals surface area contributed by atoms with Crippen LogP contribution in [0.1, 0.15) is 5.56 Å². The highest BCUT2D eigenvalue weighted by molar-refractivity contribution is 8.26. The van der Waals surface area contributed by atoms with Crippen molar-refractivity contribution in [2.75, 3.05) is 20.3 Å². The van der Waals surface area contributed by atoms with E-state index in [9.17, 15) is 9.90 Å². The van der Waals surface area contributed by atoms with Crippen LogP contribution in [0.5, 0.6) is 17.2 Å². The minimum atomic E-state index is -0.149. The van der Waals surface area contributed by atoms with Gasteiger partial charge in [0.05, 0.1) is 18.6 Å². The van der Waals surface area contributed by atoms with Crippen LogP contribution in [-0.4, -0.2) is 40.5 Å². The van der Waals surface area contributed by atoms with E-state index in [0.29, 0.717) is 28.1 Å². The van der Waals surface area contributed by atoms with Gasteiger partial charge in [-0.15, -0.1) is 0 Å². The van der Waals surface area contributed by atoms with Crippen molar-refractivity contribution in [1.82, 2.24) is 4.90 Å². The number of carbonyl (C=O) groups is 1. The van der Waals surface area contributed by atoms with Crippen LogP contribution in [0.4, 0.5) is 0 Å². The zero-order chi connectivity index (χ0) is 18.5. The van der Waals surface area contributed by atoms with E-state index in [0.717, 1.165) is 11.3 Å². The first-order chi connectivity index (χ1) is 12.6. The molecule has 7 heteroatoms. The van der Waals surface area contributed by atoms with E-state index in [4.69, 9.17) is 21.7 Å². The van der Waals surface area contributed by atoms with Gasteiger partial charge in [-0.1, -0.05) is 48.2 Å². The molecule has 0 spiro atoms. The maximum absolute atomic E-state index is 12.6. The number of para-hydroxylation sites is 1. The number of thiocarbonyl (C=S) groups is 1. The van der Waals surface area contributed by atoms with Crippen LogP contribution < -0.4 is 9.47 Å². The van der Waals surface area contributed by atoms with Gasteiger partial charge in [0.2, 0.25) is 0 Å². The molecular weight excluding hydrogens is 370 g/mol. The van der Waals surface area contributed by atoms with Gasteiger partial charge in [-0.25, -0.2) is 0 Å². The Balaban J connectivity index is 1.66. The summed E-state index contributed by atoms with van der Waals surface area (Å²) in [6.45, 7) is 0.743. The number of thioether (sulfide) groups is 1. The third-order valence-corrected chi connectivity index (χ3v) is 5.08. The summed E-state index contributed by atoms with van der Waals surface area (Å²) in [5, 5.41) is 9.66. The molecule has 1 aliphatic rings. The number of hydrogen-bond donors (Lipinski definition) is 1. The summed E-state index contributed by atoms with van der Waals surface area (Å²) < 4.78 is 11.2. The van der Waals surface area contributed by atoms with Crippen molar-refractivity contribution in [3.8, 4) is 17.2 Å². The first kappa shape index (κ1) is 18.3. The fourth-order valence-corrected chi connectivity index (χ4v) is 3.71. The number of hydrogen-bond acceptors (Lipinski definition) is 6. The summed E-state index contributed by atoms with van der Waals surface area (Å²) in [4.78, 5) is 14.7. The highest BCUT2D eigenvalue weighted by atomic mass is 32.2. The Morgan fingerprint density at radius 2 is 2.00 bits per heavy atom. The molecule has 1 fully saturated rings. The molecular formula is C19H17NO4S2. The summed E-state index contributed by atoms with van der Waals surface area (Å²) in [5.41, 5.74) is 0.751. The quantitative estimate of drug-likeness (QED) is 0.603. The second-order valence-electron chi connectivity index (χ2n) is 5.43. The molecule has 1 aliphatic heterocycles. The summed E-state index contributed by atoms with van der Waals surface area (Å²) in [5.74, 6) is 1.01. The molecule has 1 amide bonds. The third kappa shape index (κ3) is 4.17. The summed E-state index contributed by atoms with van der Waals surface area (Å²) in [7, 11) is 1.48. The van der Waals surface area contributed by atoms with Crippen LogP contribution in [0.2, 0.25) is 0 Å². The average molecular weight is 387 g/mol. The number of ether oxygens (including phenoxy) is 2. The van der Waals surface area contributed by atoms with Crippen LogP contribution in [0, 0.1) is 0 Å². The van der Waals surface area contributed by atoms with Crippen molar-refractivity contribution in [3.63, 3.8) is 0 Å². The Bertz CT molecular complexity index is 852. The van der Waals surface area contributed by atoms with Gasteiger partial charge in [-0.3, -0.25) is 9.69 Å². The Morgan fingerprint density at radius 1 is 1.23 bits per heavy atom. The van der Waals surface area contributed by atoms with E-state index in [2.05, 4.69) is 0 Å². The smallest absolute Gasteiger partial charge is 0.266 e. The summed E-state index contributed by atoms with van der Waals surface area (Å²) in [6.07, 6.45) is 1.74. The van der Waals surface area contributed by atoms with Gasteiger partial charge in [0.25, 0.3) is 5.91 Å². The molecule has 0 unspecified atom stereocenters. The fourth-order valence-electron chi connectivity index (χ4n) is 2.40. The molecule has 3 rings (SSSR count). The highest BCUT2D eigenvalue weighted by Gasteiger charge is 2.31. The fraction of sp³-hybridized carbons (Fsp3) is 0.158. The number of phenols is 1. The van der Waals surface area contributed by atoms with Gasteiger partial charge < -0.3 is 14.6 Å². The van der Waals surface area contributed by atoms with E-state index in [-0.39, 0.29) is 11.7 Å². The lowest BCUT2D eigenvalue weighted by molar-refractivity contribution is -0.122. The second kappa shape index (κ2) is 8.25. The summed E-state index contributed by atoms with van der Waals surface area (Å²) >= 11 is 6.57. The van der Waals surface area contributed by atoms with Crippen molar-refractivity contribution in [2.24, 2.45) is 0 Å². The maximum atomic E-state index is 12.6. The standard InChI is InChI=1S/C19H17NO4S2/c1-23-16-11-13(7-8-15(16)21)12-17-18(22)20(19(25)26-17)9-10-24-14-5-3-2-4-6-14/h2-8,11-12,21H,9-10H2,1H3/b17-12-. The van der Waals surface area contributed by atoms with Gasteiger partial charge in [-0.2, -0.15) is 0 Å². The molecule has 2 aromatic rings. The Morgan fingerprint density at radius 3 is 2.73 bits per heavy atom.